The van der Waals surface area contributed by atoms with Gasteiger partial charge in [-0.3, -0.25) is 4.79 Å². The van der Waals surface area contributed by atoms with Gasteiger partial charge in [0.1, 0.15) is 5.75 Å². The van der Waals surface area contributed by atoms with Crippen molar-refractivity contribution in [2.24, 2.45) is 5.92 Å². The average Bonchev–Trinajstić information content (AvgIpc) is 3.62. The molecule has 0 spiro atoms. The minimum Gasteiger partial charge on any atom is -0.494 e. The van der Waals surface area contributed by atoms with Crippen LogP contribution in [-0.2, 0) is 16.9 Å². The molecule has 3 heterocycles. The molecule has 2 aromatic carbocycles. The highest BCUT2D eigenvalue weighted by molar-refractivity contribution is 6.28. The largest absolute Gasteiger partial charge is 0.494 e. The van der Waals surface area contributed by atoms with Crippen molar-refractivity contribution in [1.82, 2.24) is 30.5 Å². The number of rotatable bonds is 11. The second-order valence-electron chi connectivity index (χ2n) is 11.5. The summed E-state index contributed by atoms with van der Waals surface area (Å²) in [5, 5.41) is 16.4. The molecule has 8 nitrogen and oxygen atoms in total. The van der Waals surface area contributed by atoms with E-state index in [0.717, 1.165) is 5.52 Å². The molecule has 4 aromatic rings. The van der Waals surface area contributed by atoms with Crippen molar-refractivity contribution in [3.8, 4) is 5.75 Å². The number of carbonyl (C=O) groups is 1. The third kappa shape index (κ3) is 6.84. The molecule has 1 atom stereocenters. The molecule has 45 heavy (non-hydrogen) atoms. The van der Waals surface area contributed by atoms with Crippen LogP contribution in [0.4, 0.5) is 26.3 Å². The van der Waals surface area contributed by atoms with Crippen LogP contribution < -0.4 is 10.1 Å². The van der Waals surface area contributed by atoms with Gasteiger partial charge in [-0.1, -0.05) is 44.2 Å². The molecular formula is C31H32F6N6O2. The Morgan fingerprint density at radius 2 is 1.73 bits per heavy atom. The first-order chi connectivity index (χ1) is 21.3. The number of unbranched alkanes of at least 4 members (excludes halogenated alkanes) is 2. The number of alkyl halides is 6. The quantitative estimate of drug-likeness (QED) is 0.134. The number of aromatic nitrogens is 5. The molecule has 0 bridgehead atoms. The maximum atomic E-state index is 15.2. The lowest BCUT2D eigenvalue weighted by Gasteiger charge is -2.41. The summed E-state index contributed by atoms with van der Waals surface area (Å²) in [7, 11) is 0. The molecule has 1 amide bonds. The number of nitrogens with zero attached hydrogens (tertiary/aromatic N) is 4. The number of halogens is 6. The van der Waals surface area contributed by atoms with E-state index in [1.807, 2.05) is 36.6 Å². The molecule has 14 heteroatoms. The number of H-pyrrole nitrogens is 1. The zero-order chi connectivity index (χ0) is 32.4. The van der Waals surface area contributed by atoms with E-state index in [9.17, 15) is 18.0 Å². The molecule has 0 fully saturated rings. The van der Waals surface area contributed by atoms with Crippen LogP contribution in [-0.4, -0.2) is 50.1 Å². The number of ether oxygens (including phenoxy) is 1. The van der Waals surface area contributed by atoms with Gasteiger partial charge in [0, 0.05) is 42.0 Å². The van der Waals surface area contributed by atoms with Gasteiger partial charge in [-0.05, 0) is 64.9 Å². The van der Waals surface area contributed by atoms with Crippen molar-refractivity contribution in [1.29, 1.82) is 0 Å². The van der Waals surface area contributed by atoms with Crippen molar-refractivity contribution in [2.45, 2.75) is 70.4 Å². The second-order valence-corrected chi connectivity index (χ2v) is 11.5. The molecule has 2 N–H and O–H groups in total. The van der Waals surface area contributed by atoms with Gasteiger partial charge in [0.2, 0.25) is 0 Å². The number of aromatic amines is 1. The molecule has 0 aliphatic carbocycles. The van der Waals surface area contributed by atoms with E-state index in [1.165, 1.54) is 24.3 Å². The normalized spacial score (nSPS) is 17.8. The van der Waals surface area contributed by atoms with E-state index in [2.05, 4.69) is 25.9 Å². The lowest BCUT2D eigenvalue weighted by molar-refractivity contribution is -0.201. The molecule has 1 aliphatic heterocycles. The van der Waals surface area contributed by atoms with Gasteiger partial charge >= 0.3 is 12.4 Å². The Balaban J connectivity index is 1.51. The van der Waals surface area contributed by atoms with E-state index in [4.69, 9.17) is 4.74 Å². The van der Waals surface area contributed by atoms with Gasteiger partial charge in [-0.2, -0.15) is 26.3 Å². The number of amides is 1. The molecule has 240 valence electrons. The maximum Gasteiger partial charge on any atom is 0.416 e. The zero-order valence-electron chi connectivity index (χ0n) is 24.6. The number of hydrogen-bond acceptors (Lipinski definition) is 5. The monoisotopic (exact) mass is 634 g/mol. The topological polar surface area (TPSA) is 97.7 Å². The first-order valence-corrected chi connectivity index (χ1v) is 14.5. The van der Waals surface area contributed by atoms with E-state index in [-0.39, 0.29) is 47.2 Å². The van der Waals surface area contributed by atoms with Gasteiger partial charge in [-0.25, -0.2) is 5.10 Å². The number of carbonyl (C=O) groups excluding carboxylic acids is 1. The van der Waals surface area contributed by atoms with Gasteiger partial charge in [0.25, 0.3) is 5.91 Å². The highest BCUT2D eigenvalue weighted by Gasteiger charge is 2.60. The predicted molar refractivity (Wildman–Crippen MR) is 155 cm³/mol. The van der Waals surface area contributed by atoms with Crippen LogP contribution in [0, 0.1) is 5.92 Å². The fourth-order valence-corrected chi connectivity index (χ4v) is 5.71. The van der Waals surface area contributed by atoms with Crippen LogP contribution in [0.1, 0.15) is 62.9 Å². The molecular weight excluding hydrogens is 602 g/mol. The third-order valence-electron chi connectivity index (χ3n) is 7.76. The SMILES string of the molecule is CC(C)Cn1cc(C2=C(c3nnn[nH]3)C(=O)NC(c3ccc(OCCCCCC(F)(F)F)cc3)(C(F)(F)F)C2)c2ccccc21. The summed E-state index contributed by atoms with van der Waals surface area (Å²) in [6.45, 7) is 4.78. The summed E-state index contributed by atoms with van der Waals surface area (Å²) >= 11 is 0. The van der Waals surface area contributed by atoms with Crippen LogP contribution in [0.5, 0.6) is 5.75 Å². The standard InChI is InChI=1S/C31H32F6N6O2/c1-19(2)17-43-18-24(22-8-4-5-9-25(22)43)23-16-29(31(35,36)37,38-28(44)26(23)27-39-41-42-40-27)20-10-12-21(13-11-20)45-15-7-3-6-14-30(32,33)34/h4-5,8-13,18-19H,3,6-7,14-17H2,1-2H3,(H,38,44)(H,39,40,41,42). The molecule has 2 aromatic heterocycles. The Labute approximate surface area is 254 Å². The highest BCUT2D eigenvalue weighted by atomic mass is 19.4. The molecule has 5 rings (SSSR count). The summed E-state index contributed by atoms with van der Waals surface area (Å²) in [5.74, 6) is -0.551. The third-order valence-corrected chi connectivity index (χ3v) is 7.76. The van der Waals surface area contributed by atoms with Crippen LogP contribution in [0.3, 0.4) is 0 Å². The Kier molecular flexibility index (Phi) is 8.95. The summed E-state index contributed by atoms with van der Waals surface area (Å²) in [6, 6.07) is 12.5. The molecule has 0 saturated carbocycles. The average molecular weight is 635 g/mol. The van der Waals surface area contributed by atoms with Crippen molar-refractivity contribution in [2.75, 3.05) is 6.61 Å². The lowest BCUT2D eigenvalue weighted by Crippen LogP contribution is -2.58. The minimum atomic E-state index is -4.92. The number of hydrogen-bond donors (Lipinski definition) is 2. The Hall–Kier alpha value is -4.36. The predicted octanol–water partition coefficient (Wildman–Crippen LogP) is 7.20. The molecule has 1 aliphatic rings. The highest BCUT2D eigenvalue weighted by Crippen LogP contribution is 2.50. The fraction of sp³-hybridized carbons (Fsp3) is 0.419. The number of benzene rings is 2. The van der Waals surface area contributed by atoms with Crippen LogP contribution in [0.25, 0.3) is 22.0 Å². The summed E-state index contributed by atoms with van der Waals surface area (Å²) in [4.78, 5) is 13.7. The summed E-state index contributed by atoms with van der Waals surface area (Å²) < 4.78 is 90.2. The first kappa shape index (κ1) is 32.0. The first-order valence-electron chi connectivity index (χ1n) is 14.5. The maximum absolute atomic E-state index is 15.2. The van der Waals surface area contributed by atoms with Gasteiger partial charge in [0.15, 0.2) is 11.4 Å². The fourth-order valence-electron chi connectivity index (χ4n) is 5.71. The number of fused-ring (bicyclic) bond motifs is 1. The lowest BCUT2D eigenvalue weighted by atomic mass is 9.76. The number of tetrazole rings is 1. The number of nitrogens with one attached hydrogen (secondary N) is 2. The van der Waals surface area contributed by atoms with Gasteiger partial charge in [0.05, 0.1) is 12.2 Å². The van der Waals surface area contributed by atoms with Crippen molar-refractivity contribution >= 4 is 28.0 Å². The van der Waals surface area contributed by atoms with E-state index >= 15 is 13.2 Å². The Bertz CT molecular complexity index is 1660. The smallest absolute Gasteiger partial charge is 0.416 e. The number of para-hydroxylation sites is 1. The van der Waals surface area contributed by atoms with Crippen molar-refractivity contribution in [3.63, 3.8) is 0 Å². The minimum absolute atomic E-state index is 0.0301. The van der Waals surface area contributed by atoms with E-state index < -0.39 is 36.6 Å². The molecule has 0 radical (unpaired) electrons. The Morgan fingerprint density at radius 1 is 1.00 bits per heavy atom. The van der Waals surface area contributed by atoms with Crippen LogP contribution >= 0.6 is 0 Å². The molecule has 0 saturated heterocycles. The summed E-state index contributed by atoms with van der Waals surface area (Å²) in [6.07, 6.45) is -8.26. The second kappa shape index (κ2) is 12.6. The molecule has 1 unspecified atom stereocenters. The van der Waals surface area contributed by atoms with E-state index in [0.29, 0.717) is 30.3 Å². The van der Waals surface area contributed by atoms with Crippen LogP contribution in [0.15, 0.2) is 54.7 Å². The van der Waals surface area contributed by atoms with Crippen molar-refractivity contribution < 1.29 is 35.9 Å². The van der Waals surface area contributed by atoms with Gasteiger partial charge in [-0.15, -0.1) is 5.10 Å². The van der Waals surface area contributed by atoms with Crippen molar-refractivity contribution in [3.05, 3.63) is 71.7 Å². The zero-order valence-corrected chi connectivity index (χ0v) is 24.6. The van der Waals surface area contributed by atoms with Crippen LogP contribution in [0.2, 0.25) is 0 Å². The van der Waals surface area contributed by atoms with Gasteiger partial charge < -0.3 is 14.6 Å². The Morgan fingerprint density at radius 3 is 2.38 bits per heavy atom. The van der Waals surface area contributed by atoms with E-state index in [1.54, 1.807) is 12.3 Å². The summed E-state index contributed by atoms with van der Waals surface area (Å²) in [5.41, 5.74) is -1.68.